The highest BCUT2D eigenvalue weighted by molar-refractivity contribution is 4.87. The number of β-amino-alcohol motifs (C(OH)–C–C–N with tert-alkyl or cyclic N) is 2. The van der Waals surface area contributed by atoms with Crippen molar-refractivity contribution in [3.05, 3.63) is 0 Å². The van der Waals surface area contributed by atoms with Crippen LogP contribution in [0.4, 0.5) is 0 Å². The fraction of sp³-hybridized carbons (Fsp3) is 1.00. The van der Waals surface area contributed by atoms with Gasteiger partial charge in [0.25, 0.3) is 0 Å². The van der Waals surface area contributed by atoms with E-state index in [4.69, 9.17) is 10.5 Å². The summed E-state index contributed by atoms with van der Waals surface area (Å²) in [6, 6.07) is 0.189. The molecule has 4 atom stereocenters. The van der Waals surface area contributed by atoms with Crippen LogP contribution in [0.1, 0.15) is 6.42 Å². The quantitative estimate of drug-likeness (QED) is 0.517. The molecule has 2 saturated heterocycles. The second-order valence-electron chi connectivity index (χ2n) is 4.64. The van der Waals surface area contributed by atoms with Gasteiger partial charge in [-0.25, -0.2) is 0 Å². The summed E-state index contributed by atoms with van der Waals surface area (Å²) in [6.45, 7) is 3.36. The Kier molecular flexibility index (Phi) is 3.58. The maximum atomic E-state index is 9.41. The largest absolute Gasteiger partial charge is 0.389 e. The zero-order chi connectivity index (χ0) is 10.8. The van der Waals surface area contributed by atoms with Gasteiger partial charge in [0, 0.05) is 38.2 Å². The van der Waals surface area contributed by atoms with Crippen LogP contribution in [0.25, 0.3) is 0 Å². The third-order valence-corrected chi connectivity index (χ3v) is 3.36. The Morgan fingerprint density at radius 1 is 1.27 bits per heavy atom. The molecule has 0 bridgehead atoms. The summed E-state index contributed by atoms with van der Waals surface area (Å²) in [4.78, 5) is 2.06. The smallest absolute Gasteiger partial charge is 0.0938 e. The number of ether oxygens (including phenoxy) is 1. The standard InChI is InChI=1S/C10H20N2O3/c11-8-1-2-15-6-7(8)3-12-4-9(13)10(14)5-12/h7-10,13-14H,1-6,11H2. The van der Waals surface area contributed by atoms with Gasteiger partial charge in [0.15, 0.2) is 0 Å². The molecule has 2 rings (SSSR count). The molecule has 4 unspecified atom stereocenters. The van der Waals surface area contributed by atoms with E-state index in [9.17, 15) is 10.2 Å². The number of nitrogens with two attached hydrogens (primary N) is 1. The van der Waals surface area contributed by atoms with Crippen molar-refractivity contribution >= 4 is 0 Å². The molecular formula is C10H20N2O3. The first-order chi connectivity index (χ1) is 7.16. The summed E-state index contributed by atoms with van der Waals surface area (Å²) in [5, 5.41) is 18.8. The van der Waals surface area contributed by atoms with Crippen LogP contribution < -0.4 is 5.73 Å². The summed E-state index contributed by atoms with van der Waals surface area (Å²) in [7, 11) is 0. The van der Waals surface area contributed by atoms with Crippen LogP contribution in [0, 0.1) is 5.92 Å². The lowest BCUT2D eigenvalue weighted by Crippen LogP contribution is -2.44. The van der Waals surface area contributed by atoms with Gasteiger partial charge in [-0.3, -0.25) is 4.90 Å². The maximum absolute atomic E-state index is 9.41. The molecule has 0 spiro atoms. The van der Waals surface area contributed by atoms with Crippen molar-refractivity contribution in [2.45, 2.75) is 24.7 Å². The molecule has 0 saturated carbocycles. The zero-order valence-corrected chi connectivity index (χ0v) is 8.88. The van der Waals surface area contributed by atoms with Crippen LogP contribution in [-0.4, -0.2) is 66.2 Å². The first-order valence-corrected chi connectivity index (χ1v) is 5.58. The third kappa shape index (κ3) is 2.68. The van der Waals surface area contributed by atoms with Gasteiger partial charge in [0.2, 0.25) is 0 Å². The first-order valence-electron chi connectivity index (χ1n) is 5.58. The Labute approximate surface area is 89.8 Å². The molecule has 2 aliphatic heterocycles. The van der Waals surface area contributed by atoms with Crippen molar-refractivity contribution in [1.29, 1.82) is 0 Å². The van der Waals surface area contributed by atoms with Gasteiger partial charge in [0.1, 0.15) is 0 Å². The molecule has 4 N–H and O–H groups in total. The normalized spacial score (nSPS) is 43.4. The molecule has 0 aromatic carbocycles. The van der Waals surface area contributed by atoms with E-state index in [2.05, 4.69) is 4.90 Å². The van der Waals surface area contributed by atoms with E-state index in [1.165, 1.54) is 0 Å². The van der Waals surface area contributed by atoms with Crippen molar-refractivity contribution in [3.8, 4) is 0 Å². The van der Waals surface area contributed by atoms with Crippen LogP contribution in [-0.2, 0) is 4.74 Å². The molecule has 0 aliphatic carbocycles. The van der Waals surface area contributed by atoms with E-state index in [0.29, 0.717) is 25.6 Å². The predicted octanol–water partition coefficient (Wildman–Crippen LogP) is -1.61. The van der Waals surface area contributed by atoms with Crippen molar-refractivity contribution in [1.82, 2.24) is 4.90 Å². The third-order valence-electron chi connectivity index (χ3n) is 3.36. The summed E-state index contributed by atoms with van der Waals surface area (Å²) >= 11 is 0. The van der Waals surface area contributed by atoms with E-state index in [1.54, 1.807) is 0 Å². The molecule has 2 fully saturated rings. The topological polar surface area (TPSA) is 79.0 Å². The fourth-order valence-corrected chi connectivity index (χ4v) is 2.33. The number of rotatable bonds is 2. The number of hydrogen-bond donors (Lipinski definition) is 3. The van der Waals surface area contributed by atoms with Crippen molar-refractivity contribution in [2.24, 2.45) is 11.7 Å². The van der Waals surface area contributed by atoms with E-state index >= 15 is 0 Å². The van der Waals surface area contributed by atoms with Gasteiger partial charge < -0.3 is 20.7 Å². The van der Waals surface area contributed by atoms with Crippen LogP contribution in [0.15, 0.2) is 0 Å². The van der Waals surface area contributed by atoms with Gasteiger partial charge in [-0.15, -0.1) is 0 Å². The molecule has 5 heteroatoms. The van der Waals surface area contributed by atoms with E-state index in [1.807, 2.05) is 0 Å². The number of aliphatic hydroxyl groups excluding tert-OH is 2. The van der Waals surface area contributed by atoms with Crippen LogP contribution in [0.5, 0.6) is 0 Å². The summed E-state index contributed by atoms with van der Waals surface area (Å²) < 4.78 is 5.38. The molecule has 88 valence electrons. The second kappa shape index (κ2) is 4.76. The van der Waals surface area contributed by atoms with Crippen LogP contribution in [0.2, 0.25) is 0 Å². The minimum atomic E-state index is -0.606. The molecule has 0 aromatic heterocycles. The average Bonchev–Trinajstić information content (AvgIpc) is 2.50. The van der Waals surface area contributed by atoms with Crippen molar-refractivity contribution in [2.75, 3.05) is 32.8 Å². The first kappa shape index (κ1) is 11.3. The molecule has 0 radical (unpaired) electrons. The molecule has 2 aliphatic rings. The monoisotopic (exact) mass is 216 g/mol. The lowest BCUT2D eigenvalue weighted by Gasteiger charge is -2.31. The molecule has 0 aromatic rings. The maximum Gasteiger partial charge on any atom is 0.0938 e. The van der Waals surface area contributed by atoms with Crippen LogP contribution in [0.3, 0.4) is 0 Å². The van der Waals surface area contributed by atoms with Gasteiger partial charge in [-0.2, -0.15) is 0 Å². The Morgan fingerprint density at radius 2 is 1.93 bits per heavy atom. The molecule has 0 amide bonds. The highest BCUT2D eigenvalue weighted by atomic mass is 16.5. The SMILES string of the molecule is NC1CCOCC1CN1CC(O)C(O)C1. The van der Waals surface area contributed by atoms with Gasteiger partial charge in [-0.05, 0) is 6.42 Å². The minimum absolute atomic E-state index is 0.189. The van der Waals surface area contributed by atoms with Crippen molar-refractivity contribution in [3.63, 3.8) is 0 Å². The Hall–Kier alpha value is -0.200. The highest BCUT2D eigenvalue weighted by Gasteiger charge is 2.32. The van der Waals surface area contributed by atoms with Crippen molar-refractivity contribution < 1.29 is 14.9 Å². The fourth-order valence-electron chi connectivity index (χ4n) is 2.33. The number of nitrogens with zero attached hydrogens (tertiary/aromatic N) is 1. The van der Waals surface area contributed by atoms with E-state index < -0.39 is 12.2 Å². The van der Waals surface area contributed by atoms with E-state index in [-0.39, 0.29) is 6.04 Å². The Balaban J connectivity index is 1.81. The van der Waals surface area contributed by atoms with Crippen LogP contribution >= 0.6 is 0 Å². The van der Waals surface area contributed by atoms with Gasteiger partial charge in [0.05, 0.1) is 18.8 Å². The van der Waals surface area contributed by atoms with E-state index in [0.717, 1.165) is 19.6 Å². The minimum Gasteiger partial charge on any atom is -0.389 e. The predicted molar refractivity (Wildman–Crippen MR) is 55.4 cm³/mol. The molecule has 5 nitrogen and oxygen atoms in total. The summed E-state index contributed by atoms with van der Waals surface area (Å²) in [6.07, 6.45) is -0.305. The lowest BCUT2D eigenvalue weighted by atomic mass is 9.96. The number of hydrogen-bond acceptors (Lipinski definition) is 5. The van der Waals surface area contributed by atoms with Gasteiger partial charge in [-0.1, -0.05) is 0 Å². The highest BCUT2D eigenvalue weighted by Crippen LogP contribution is 2.17. The summed E-state index contributed by atoms with van der Waals surface area (Å²) in [5.41, 5.74) is 5.99. The van der Waals surface area contributed by atoms with Gasteiger partial charge >= 0.3 is 0 Å². The second-order valence-corrected chi connectivity index (χ2v) is 4.64. The molecule has 15 heavy (non-hydrogen) atoms. The lowest BCUT2D eigenvalue weighted by molar-refractivity contribution is 0.0274. The zero-order valence-electron chi connectivity index (χ0n) is 8.88. The Morgan fingerprint density at radius 3 is 2.53 bits per heavy atom. The summed E-state index contributed by atoms with van der Waals surface area (Å²) in [5.74, 6) is 0.330. The Bertz CT molecular complexity index is 205. The molecule has 2 heterocycles. The molecular weight excluding hydrogens is 196 g/mol. The average molecular weight is 216 g/mol. The number of likely N-dealkylation sites (tertiary alicyclic amines) is 1. The number of aliphatic hydroxyl groups is 2.